The molecule has 19 heavy (non-hydrogen) atoms. The molecule has 0 spiro atoms. The van der Waals surface area contributed by atoms with Crippen LogP contribution in [0.5, 0.6) is 11.8 Å². The molecule has 100 valence electrons. The van der Waals surface area contributed by atoms with Crippen molar-refractivity contribution in [1.82, 2.24) is 9.97 Å². The zero-order valence-electron chi connectivity index (χ0n) is 10.1. The van der Waals surface area contributed by atoms with E-state index in [2.05, 4.69) is 9.97 Å². The van der Waals surface area contributed by atoms with Crippen molar-refractivity contribution >= 4 is 9.84 Å². The van der Waals surface area contributed by atoms with Crippen molar-refractivity contribution in [3.05, 3.63) is 42.2 Å². The van der Waals surface area contributed by atoms with Crippen molar-refractivity contribution in [2.45, 2.75) is 11.5 Å². The second-order valence-electron chi connectivity index (χ2n) is 3.88. The summed E-state index contributed by atoms with van der Waals surface area (Å²) in [7, 11) is -3.28. The Kier molecular flexibility index (Phi) is 3.77. The van der Waals surface area contributed by atoms with E-state index < -0.39 is 9.84 Å². The Morgan fingerprint density at radius 3 is 2.53 bits per heavy atom. The highest BCUT2D eigenvalue weighted by Crippen LogP contribution is 2.21. The van der Waals surface area contributed by atoms with Crippen LogP contribution < -0.4 is 4.74 Å². The minimum atomic E-state index is -3.28. The van der Waals surface area contributed by atoms with Gasteiger partial charge in [0.2, 0.25) is 0 Å². The van der Waals surface area contributed by atoms with Crippen LogP contribution in [-0.4, -0.2) is 29.7 Å². The maximum absolute atomic E-state index is 11.4. The largest absolute Gasteiger partial charge is 0.424 e. The van der Waals surface area contributed by atoms with E-state index in [0.29, 0.717) is 11.3 Å². The first-order valence-electron chi connectivity index (χ1n) is 5.39. The fourth-order valence-corrected chi connectivity index (χ4v) is 2.01. The molecule has 0 aliphatic heterocycles. The van der Waals surface area contributed by atoms with E-state index in [0.717, 1.165) is 6.26 Å². The molecule has 0 saturated carbocycles. The normalized spacial score (nSPS) is 11.3. The molecule has 0 atom stereocenters. The average molecular weight is 280 g/mol. The van der Waals surface area contributed by atoms with Gasteiger partial charge in [-0.05, 0) is 18.2 Å². The van der Waals surface area contributed by atoms with Gasteiger partial charge >= 0.3 is 6.01 Å². The lowest BCUT2D eigenvalue weighted by molar-refractivity contribution is 0.280. The Labute approximate surface area is 110 Å². The molecule has 6 nitrogen and oxygen atoms in total. The summed E-state index contributed by atoms with van der Waals surface area (Å²) < 4.78 is 28.2. The van der Waals surface area contributed by atoms with Crippen LogP contribution in [-0.2, 0) is 16.4 Å². The van der Waals surface area contributed by atoms with Gasteiger partial charge in [-0.2, -0.15) is 0 Å². The number of sulfone groups is 1. The SMILES string of the molecule is CS(=O)(=O)c1cccc(Oc2ncc(CO)cn2)c1. The number of aromatic nitrogens is 2. The van der Waals surface area contributed by atoms with Crippen LogP contribution in [0.4, 0.5) is 0 Å². The summed E-state index contributed by atoms with van der Waals surface area (Å²) in [5.74, 6) is 0.333. The average Bonchev–Trinajstić information content (AvgIpc) is 2.39. The molecular formula is C12H12N2O4S. The van der Waals surface area contributed by atoms with Crippen molar-refractivity contribution < 1.29 is 18.3 Å². The number of hydrogen-bond donors (Lipinski definition) is 1. The van der Waals surface area contributed by atoms with E-state index >= 15 is 0 Å². The zero-order valence-corrected chi connectivity index (χ0v) is 11.0. The van der Waals surface area contributed by atoms with Gasteiger partial charge in [0.1, 0.15) is 5.75 Å². The van der Waals surface area contributed by atoms with E-state index in [9.17, 15) is 8.42 Å². The first kappa shape index (κ1) is 13.4. The summed E-state index contributed by atoms with van der Waals surface area (Å²) in [6.07, 6.45) is 3.99. The molecule has 0 saturated heterocycles. The highest BCUT2D eigenvalue weighted by Gasteiger charge is 2.09. The minimum Gasteiger partial charge on any atom is -0.424 e. The van der Waals surface area contributed by atoms with Gasteiger partial charge in [-0.3, -0.25) is 0 Å². The molecular weight excluding hydrogens is 268 g/mol. The number of nitrogens with zero attached hydrogens (tertiary/aromatic N) is 2. The summed E-state index contributed by atoms with van der Waals surface area (Å²) in [6.45, 7) is -0.149. The highest BCUT2D eigenvalue weighted by molar-refractivity contribution is 7.90. The Bertz CT molecular complexity index is 668. The van der Waals surface area contributed by atoms with E-state index in [-0.39, 0.29) is 17.5 Å². The Hall–Kier alpha value is -1.99. The molecule has 1 N–H and O–H groups in total. The molecule has 1 aromatic heterocycles. The summed E-state index contributed by atoms with van der Waals surface area (Å²) in [5.41, 5.74) is 0.567. The van der Waals surface area contributed by atoms with Gasteiger partial charge < -0.3 is 9.84 Å². The van der Waals surface area contributed by atoms with E-state index in [4.69, 9.17) is 9.84 Å². The molecule has 1 heterocycles. The molecule has 1 aromatic carbocycles. The molecule has 0 radical (unpaired) electrons. The maximum Gasteiger partial charge on any atom is 0.321 e. The zero-order chi connectivity index (χ0) is 13.9. The van der Waals surface area contributed by atoms with Gasteiger partial charge in [0.05, 0.1) is 11.5 Å². The number of hydrogen-bond acceptors (Lipinski definition) is 6. The van der Waals surface area contributed by atoms with Gasteiger partial charge in [-0.1, -0.05) is 6.07 Å². The Balaban J connectivity index is 2.23. The van der Waals surface area contributed by atoms with Crippen molar-refractivity contribution in [2.24, 2.45) is 0 Å². The van der Waals surface area contributed by atoms with Crippen LogP contribution in [0.2, 0.25) is 0 Å². The summed E-state index contributed by atoms with van der Waals surface area (Å²) in [6, 6.07) is 6.16. The maximum atomic E-state index is 11.4. The highest BCUT2D eigenvalue weighted by atomic mass is 32.2. The fourth-order valence-electron chi connectivity index (χ4n) is 1.35. The first-order chi connectivity index (χ1) is 8.99. The van der Waals surface area contributed by atoms with Crippen LogP contribution in [0.25, 0.3) is 0 Å². The van der Waals surface area contributed by atoms with E-state index in [1.807, 2.05) is 0 Å². The quantitative estimate of drug-likeness (QED) is 0.904. The number of aliphatic hydroxyl groups is 1. The summed E-state index contributed by atoms with van der Waals surface area (Å²) >= 11 is 0. The third-order valence-corrected chi connectivity index (χ3v) is 3.42. The van der Waals surface area contributed by atoms with Gasteiger partial charge in [0.15, 0.2) is 9.84 Å². The predicted molar refractivity (Wildman–Crippen MR) is 67.6 cm³/mol. The number of ether oxygens (including phenoxy) is 1. The fraction of sp³-hybridized carbons (Fsp3) is 0.167. The van der Waals surface area contributed by atoms with Crippen LogP contribution in [0, 0.1) is 0 Å². The molecule has 0 amide bonds. The third kappa shape index (κ3) is 3.49. The lowest BCUT2D eigenvalue weighted by atomic mass is 10.3. The van der Waals surface area contributed by atoms with Gasteiger partial charge in [-0.25, -0.2) is 18.4 Å². The van der Waals surface area contributed by atoms with Gasteiger partial charge in [0.25, 0.3) is 0 Å². The molecule has 0 bridgehead atoms. The number of rotatable bonds is 4. The summed E-state index contributed by atoms with van der Waals surface area (Å²) in [4.78, 5) is 7.95. The Morgan fingerprint density at radius 2 is 1.95 bits per heavy atom. The van der Waals surface area contributed by atoms with Crippen molar-refractivity contribution in [1.29, 1.82) is 0 Å². The molecule has 0 fully saturated rings. The molecule has 2 rings (SSSR count). The van der Waals surface area contributed by atoms with Crippen LogP contribution in [0.3, 0.4) is 0 Å². The van der Waals surface area contributed by atoms with Crippen LogP contribution >= 0.6 is 0 Å². The second kappa shape index (κ2) is 5.33. The van der Waals surface area contributed by atoms with Crippen molar-refractivity contribution in [3.63, 3.8) is 0 Å². The topological polar surface area (TPSA) is 89.4 Å². The minimum absolute atomic E-state index is 0.0860. The smallest absolute Gasteiger partial charge is 0.321 e. The lowest BCUT2D eigenvalue weighted by Crippen LogP contribution is -1.98. The van der Waals surface area contributed by atoms with Gasteiger partial charge in [0, 0.05) is 24.2 Å². The third-order valence-electron chi connectivity index (χ3n) is 2.31. The first-order valence-corrected chi connectivity index (χ1v) is 7.28. The van der Waals surface area contributed by atoms with E-state index in [1.54, 1.807) is 12.1 Å². The van der Waals surface area contributed by atoms with Gasteiger partial charge in [-0.15, -0.1) is 0 Å². The molecule has 0 aliphatic rings. The second-order valence-corrected chi connectivity index (χ2v) is 5.90. The molecule has 2 aromatic rings. The monoisotopic (exact) mass is 280 g/mol. The molecule has 0 aliphatic carbocycles. The number of benzene rings is 1. The number of aliphatic hydroxyl groups excluding tert-OH is 1. The van der Waals surface area contributed by atoms with Crippen LogP contribution in [0.1, 0.15) is 5.56 Å². The van der Waals surface area contributed by atoms with E-state index in [1.165, 1.54) is 24.5 Å². The molecule has 0 unspecified atom stereocenters. The Morgan fingerprint density at radius 1 is 1.26 bits per heavy atom. The lowest BCUT2D eigenvalue weighted by Gasteiger charge is -2.05. The van der Waals surface area contributed by atoms with Crippen LogP contribution in [0.15, 0.2) is 41.6 Å². The standard InChI is InChI=1S/C12H12N2O4S/c1-19(16,17)11-4-2-3-10(5-11)18-12-13-6-9(8-15)7-14-12/h2-7,15H,8H2,1H3. The van der Waals surface area contributed by atoms with Crippen molar-refractivity contribution in [2.75, 3.05) is 6.26 Å². The van der Waals surface area contributed by atoms with Crippen molar-refractivity contribution in [3.8, 4) is 11.8 Å². The molecule has 7 heteroatoms. The predicted octanol–water partition coefficient (Wildman–Crippen LogP) is 1.16. The summed E-state index contributed by atoms with van der Waals surface area (Å²) in [5, 5.41) is 8.86.